The molecule has 0 saturated heterocycles. The third-order valence-electron chi connectivity index (χ3n) is 6.39. The van der Waals surface area contributed by atoms with E-state index in [1.54, 1.807) is 0 Å². The average Bonchev–Trinajstić information content (AvgIpc) is 3.07. The van der Waals surface area contributed by atoms with Gasteiger partial charge in [-0.3, -0.25) is 9.59 Å². The highest BCUT2D eigenvalue weighted by Crippen LogP contribution is 2.47. The van der Waals surface area contributed by atoms with Gasteiger partial charge in [-0.2, -0.15) is 0 Å². The molecule has 0 spiro atoms. The minimum Gasteiger partial charge on any atom is -0.469 e. The zero-order valence-corrected chi connectivity index (χ0v) is 21.6. The lowest BCUT2D eigenvalue weighted by atomic mass is 9.85. The molecule has 0 bridgehead atoms. The molecule has 0 aliphatic heterocycles. The van der Waals surface area contributed by atoms with Crippen LogP contribution in [0, 0.1) is 5.92 Å². The Kier molecular flexibility index (Phi) is 12.3. The number of methoxy groups -OCH3 is 1. The summed E-state index contributed by atoms with van der Waals surface area (Å²) in [5, 5.41) is 0.0182. The normalized spacial score (nSPS) is 23.5. The van der Waals surface area contributed by atoms with E-state index in [0.717, 1.165) is 56.9 Å². The minimum absolute atomic E-state index is 0.00936. The molecule has 0 heterocycles. The lowest BCUT2D eigenvalue weighted by molar-refractivity contribution is -0.147. The SMILES string of the molecule is CCCCCC(OC(C)=O)c1ccc([C@H]2C(Cl)C[C@@H](Cl)[C@@H]2CC=CCCCC(=O)OC)cc1. The number of esters is 2. The minimum atomic E-state index is -0.249. The van der Waals surface area contributed by atoms with Crippen molar-refractivity contribution in [1.29, 1.82) is 0 Å². The van der Waals surface area contributed by atoms with Crippen LogP contribution in [0.2, 0.25) is 0 Å². The van der Waals surface area contributed by atoms with E-state index >= 15 is 0 Å². The summed E-state index contributed by atoms with van der Waals surface area (Å²) in [5.41, 5.74) is 2.21. The lowest BCUT2D eigenvalue weighted by Crippen LogP contribution is -2.16. The second-order valence-corrected chi connectivity index (χ2v) is 10.0. The van der Waals surface area contributed by atoms with Crippen LogP contribution in [0.15, 0.2) is 36.4 Å². The van der Waals surface area contributed by atoms with Crippen LogP contribution in [0.25, 0.3) is 0 Å². The van der Waals surface area contributed by atoms with Gasteiger partial charge >= 0.3 is 11.9 Å². The second kappa shape index (κ2) is 14.7. The van der Waals surface area contributed by atoms with E-state index in [2.05, 4.69) is 48.1 Å². The van der Waals surface area contributed by atoms with Gasteiger partial charge in [0.1, 0.15) is 6.10 Å². The Bertz CT molecular complexity index is 762. The van der Waals surface area contributed by atoms with Crippen molar-refractivity contribution in [2.24, 2.45) is 5.92 Å². The molecule has 1 aromatic rings. The fourth-order valence-electron chi connectivity index (χ4n) is 4.62. The molecule has 33 heavy (non-hydrogen) atoms. The van der Waals surface area contributed by atoms with Crippen molar-refractivity contribution in [3.63, 3.8) is 0 Å². The molecule has 0 amide bonds. The third kappa shape index (κ3) is 8.98. The molecule has 4 nitrogen and oxygen atoms in total. The number of hydrogen-bond acceptors (Lipinski definition) is 4. The fraction of sp³-hybridized carbons (Fsp3) is 0.630. The maximum Gasteiger partial charge on any atom is 0.305 e. The molecule has 0 radical (unpaired) electrons. The Morgan fingerprint density at radius 1 is 1.09 bits per heavy atom. The van der Waals surface area contributed by atoms with Gasteiger partial charge in [0, 0.05) is 30.0 Å². The molecular weight excluding hydrogens is 459 g/mol. The highest BCUT2D eigenvalue weighted by molar-refractivity contribution is 6.25. The topological polar surface area (TPSA) is 52.6 Å². The maximum absolute atomic E-state index is 11.6. The van der Waals surface area contributed by atoms with Gasteiger partial charge in [0.15, 0.2) is 0 Å². The van der Waals surface area contributed by atoms with Crippen LogP contribution in [0.3, 0.4) is 0 Å². The van der Waals surface area contributed by atoms with Crippen molar-refractivity contribution in [2.75, 3.05) is 7.11 Å². The highest BCUT2D eigenvalue weighted by atomic mass is 35.5. The van der Waals surface area contributed by atoms with E-state index in [-0.39, 0.29) is 40.6 Å². The van der Waals surface area contributed by atoms with Crippen LogP contribution in [0.4, 0.5) is 0 Å². The Balaban J connectivity index is 2.03. The molecule has 2 unspecified atom stereocenters. The van der Waals surface area contributed by atoms with Crippen LogP contribution in [-0.2, 0) is 19.1 Å². The lowest BCUT2D eigenvalue weighted by Gasteiger charge is -2.24. The van der Waals surface area contributed by atoms with Crippen LogP contribution in [-0.4, -0.2) is 29.8 Å². The summed E-state index contributed by atoms with van der Waals surface area (Å²) in [4.78, 5) is 22.8. The summed E-state index contributed by atoms with van der Waals surface area (Å²) in [6, 6.07) is 8.38. The first-order chi connectivity index (χ1) is 15.9. The van der Waals surface area contributed by atoms with E-state index in [4.69, 9.17) is 27.9 Å². The monoisotopic (exact) mass is 496 g/mol. The van der Waals surface area contributed by atoms with Crippen molar-refractivity contribution in [1.82, 2.24) is 0 Å². The van der Waals surface area contributed by atoms with Crippen molar-refractivity contribution in [3.05, 3.63) is 47.5 Å². The van der Waals surface area contributed by atoms with E-state index in [9.17, 15) is 9.59 Å². The number of carbonyl (C=O) groups excluding carboxylic acids is 2. The Hall–Kier alpha value is -1.52. The largest absolute Gasteiger partial charge is 0.469 e. The third-order valence-corrected chi connectivity index (χ3v) is 7.34. The van der Waals surface area contributed by atoms with E-state index in [1.165, 1.54) is 19.6 Å². The Labute approximate surface area is 209 Å². The number of allylic oxidation sites excluding steroid dienone is 2. The number of hydrogen-bond donors (Lipinski definition) is 0. The van der Waals surface area contributed by atoms with Gasteiger partial charge in [0.2, 0.25) is 0 Å². The predicted molar refractivity (Wildman–Crippen MR) is 135 cm³/mol. The smallest absolute Gasteiger partial charge is 0.305 e. The molecule has 2 rings (SSSR count). The van der Waals surface area contributed by atoms with E-state index in [0.29, 0.717) is 6.42 Å². The zero-order chi connectivity index (χ0) is 24.2. The first kappa shape index (κ1) is 27.7. The standard InChI is InChI=1S/C27H38Cl2O4/c1-4-5-8-12-25(33-19(2)30)20-14-16-21(17-15-20)27-22(23(28)18-24(27)29)11-9-6-7-10-13-26(31)32-3/h6,9,14-17,22-25,27H,4-5,7-8,10-13,18H2,1-3H3/t22-,23+,24?,25?,27+/m0/s1. The molecule has 0 aromatic heterocycles. The Morgan fingerprint density at radius 3 is 2.45 bits per heavy atom. The quantitative estimate of drug-likeness (QED) is 0.123. The van der Waals surface area contributed by atoms with Gasteiger partial charge in [0.05, 0.1) is 7.11 Å². The number of ether oxygens (including phenoxy) is 2. The number of benzene rings is 1. The molecule has 1 aliphatic carbocycles. The van der Waals surface area contributed by atoms with Crippen LogP contribution in [0.1, 0.15) is 94.8 Å². The van der Waals surface area contributed by atoms with Crippen LogP contribution in [0.5, 0.6) is 0 Å². The molecule has 6 heteroatoms. The number of carbonyl (C=O) groups is 2. The number of halogens is 2. The average molecular weight is 498 g/mol. The molecule has 1 saturated carbocycles. The molecule has 184 valence electrons. The second-order valence-electron chi connectivity index (χ2n) is 8.89. The van der Waals surface area contributed by atoms with Gasteiger partial charge < -0.3 is 9.47 Å². The van der Waals surface area contributed by atoms with Crippen molar-refractivity contribution < 1.29 is 19.1 Å². The zero-order valence-electron chi connectivity index (χ0n) is 20.1. The van der Waals surface area contributed by atoms with Gasteiger partial charge in [-0.15, -0.1) is 23.2 Å². The molecular formula is C27H38Cl2O4. The van der Waals surface area contributed by atoms with Crippen molar-refractivity contribution >= 4 is 35.1 Å². The number of unbranched alkanes of at least 4 members (excludes halogenated alkanes) is 3. The fourth-order valence-corrected chi connectivity index (χ4v) is 5.69. The number of rotatable bonds is 13. The van der Waals surface area contributed by atoms with Crippen LogP contribution >= 0.6 is 23.2 Å². The first-order valence-corrected chi connectivity index (χ1v) is 13.0. The molecule has 1 aliphatic rings. The van der Waals surface area contributed by atoms with Crippen molar-refractivity contribution in [3.8, 4) is 0 Å². The van der Waals surface area contributed by atoms with Crippen molar-refractivity contribution in [2.45, 2.75) is 94.4 Å². The van der Waals surface area contributed by atoms with Gasteiger partial charge in [-0.1, -0.05) is 56.2 Å². The van der Waals surface area contributed by atoms with Gasteiger partial charge in [-0.05, 0) is 55.6 Å². The summed E-state index contributed by atoms with van der Waals surface area (Å²) in [5.74, 6) is 0.0105. The number of alkyl halides is 2. The highest BCUT2D eigenvalue weighted by Gasteiger charge is 2.41. The van der Waals surface area contributed by atoms with E-state index < -0.39 is 0 Å². The van der Waals surface area contributed by atoms with Gasteiger partial charge in [-0.25, -0.2) is 0 Å². The summed E-state index contributed by atoms with van der Waals surface area (Å²) in [6.07, 6.45) is 11.9. The first-order valence-electron chi connectivity index (χ1n) is 12.1. The maximum atomic E-state index is 11.6. The summed E-state index contributed by atoms with van der Waals surface area (Å²) >= 11 is 13.4. The Morgan fingerprint density at radius 2 is 1.82 bits per heavy atom. The molecule has 1 aromatic carbocycles. The summed E-state index contributed by atoms with van der Waals surface area (Å²) < 4.78 is 10.3. The molecule has 1 fully saturated rings. The predicted octanol–water partition coefficient (Wildman–Crippen LogP) is 7.48. The summed E-state index contributed by atoms with van der Waals surface area (Å²) in [7, 11) is 1.41. The molecule has 0 N–H and O–H groups in total. The summed E-state index contributed by atoms with van der Waals surface area (Å²) in [6.45, 7) is 3.63. The van der Waals surface area contributed by atoms with E-state index in [1.807, 2.05) is 0 Å². The van der Waals surface area contributed by atoms with Crippen LogP contribution < -0.4 is 0 Å². The van der Waals surface area contributed by atoms with Gasteiger partial charge in [0.25, 0.3) is 0 Å². The molecule has 5 atom stereocenters.